The zero-order valence-corrected chi connectivity index (χ0v) is 12.8. The lowest BCUT2D eigenvalue weighted by Crippen LogP contribution is -2.39. The van der Waals surface area contributed by atoms with E-state index < -0.39 is 0 Å². The quantitative estimate of drug-likeness (QED) is 0.919. The van der Waals surface area contributed by atoms with Crippen LogP contribution in [0.4, 0.5) is 5.82 Å². The highest BCUT2D eigenvalue weighted by molar-refractivity contribution is 5.95. The van der Waals surface area contributed by atoms with Gasteiger partial charge in [-0.2, -0.15) is 0 Å². The third kappa shape index (κ3) is 3.50. The summed E-state index contributed by atoms with van der Waals surface area (Å²) < 4.78 is 0. The number of aromatic nitrogens is 1. The van der Waals surface area contributed by atoms with Crippen LogP contribution < -0.4 is 5.32 Å². The van der Waals surface area contributed by atoms with Crippen molar-refractivity contribution in [2.24, 2.45) is 5.92 Å². The molecule has 0 bridgehead atoms. The zero-order valence-electron chi connectivity index (χ0n) is 12.8. The fraction of sp³-hybridized carbons (Fsp3) is 0.625. The van der Waals surface area contributed by atoms with E-state index in [4.69, 9.17) is 0 Å². The number of likely N-dealkylation sites (tertiary alicyclic amines) is 1. The van der Waals surface area contributed by atoms with Crippen LogP contribution in [-0.4, -0.2) is 35.4 Å². The van der Waals surface area contributed by atoms with Crippen molar-refractivity contribution in [2.45, 2.75) is 40.0 Å². The van der Waals surface area contributed by atoms with Gasteiger partial charge < -0.3 is 10.2 Å². The molecule has 1 N–H and O–H groups in total. The first-order valence-electron chi connectivity index (χ1n) is 7.68. The molecular weight excluding hydrogens is 250 g/mol. The average Bonchev–Trinajstić information content (AvgIpc) is 2.46. The molecule has 1 aromatic rings. The number of hydrogen-bond donors (Lipinski definition) is 1. The molecule has 1 aliphatic heterocycles. The Bertz CT molecular complexity index is 473. The Kier molecular flexibility index (Phi) is 4.99. The molecule has 1 amide bonds. The summed E-state index contributed by atoms with van der Waals surface area (Å²) in [5.41, 5.74) is 1.73. The molecule has 0 aliphatic carbocycles. The maximum Gasteiger partial charge on any atom is 0.254 e. The lowest BCUT2D eigenvalue weighted by molar-refractivity contribution is 0.0683. The van der Waals surface area contributed by atoms with Crippen LogP contribution in [-0.2, 0) is 6.42 Å². The molecule has 1 atom stereocenters. The monoisotopic (exact) mass is 275 g/mol. The van der Waals surface area contributed by atoms with Gasteiger partial charge in [-0.1, -0.05) is 13.8 Å². The summed E-state index contributed by atoms with van der Waals surface area (Å²) in [6.45, 7) is 8.88. The van der Waals surface area contributed by atoms with Gasteiger partial charge in [-0.3, -0.25) is 4.79 Å². The van der Waals surface area contributed by atoms with Gasteiger partial charge in [0.05, 0.1) is 0 Å². The Balaban J connectivity index is 2.21. The number of pyridine rings is 1. The topological polar surface area (TPSA) is 45.2 Å². The fourth-order valence-electron chi connectivity index (χ4n) is 2.72. The lowest BCUT2D eigenvalue weighted by atomic mass is 9.99. The molecule has 0 saturated carbocycles. The number of nitrogens with one attached hydrogen (secondary N) is 1. The second-order valence-electron chi connectivity index (χ2n) is 5.61. The molecule has 2 rings (SSSR count). The number of carbonyl (C=O) groups is 1. The molecule has 110 valence electrons. The van der Waals surface area contributed by atoms with Crippen molar-refractivity contribution in [1.82, 2.24) is 9.88 Å². The van der Waals surface area contributed by atoms with Crippen LogP contribution >= 0.6 is 0 Å². The molecular formula is C16H25N3O. The van der Waals surface area contributed by atoms with Gasteiger partial charge >= 0.3 is 0 Å². The molecule has 0 spiro atoms. The molecule has 1 saturated heterocycles. The second kappa shape index (κ2) is 6.73. The third-order valence-electron chi connectivity index (χ3n) is 3.79. The van der Waals surface area contributed by atoms with E-state index in [0.29, 0.717) is 5.92 Å². The molecule has 1 aromatic heterocycles. The summed E-state index contributed by atoms with van der Waals surface area (Å²) in [6, 6.07) is 3.81. The highest BCUT2D eigenvalue weighted by Gasteiger charge is 2.22. The van der Waals surface area contributed by atoms with Gasteiger partial charge in [0.1, 0.15) is 5.82 Å². The van der Waals surface area contributed by atoms with Crippen molar-refractivity contribution < 1.29 is 4.79 Å². The van der Waals surface area contributed by atoms with E-state index in [1.165, 1.54) is 6.42 Å². The van der Waals surface area contributed by atoms with E-state index in [0.717, 1.165) is 49.6 Å². The summed E-state index contributed by atoms with van der Waals surface area (Å²) in [4.78, 5) is 19.1. The van der Waals surface area contributed by atoms with Gasteiger partial charge in [0.2, 0.25) is 0 Å². The first-order chi connectivity index (χ1) is 9.63. The summed E-state index contributed by atoms with van der Waals surface area (Å²) in [5, 5.41) is 3.21. The van der Waals surface area contributed by atoms with Crippen LogP contribution in [0.2, 0.25) is 0 Å². The van der Waals surface area contributed by atoms with E-state index in [9.17, 15) is 4.79 Å². The minimum atomic E-state index is 0.146. The summed E-state index contributed by atoms with van der Waals surface area (Å²) in [5.74, 6) is 1.56. The van der Waals surface area contributed by atoms with E-state index in [2.05, 4.69) is 24.1 Å². The summed E-state index contributed by atoms with van der Waals surface area (Å²) >= 11 is 0. The number of aryl methyl sites for hydroxylation is 1. The smallest absolute Gasteiger partial charge is 0.254 e. The molecule has 2 heterocycles. The van der Waals surface area contributed by atoms with Crippen LogP contribution in [0, 0.1) is 5.92 Å². The van der Waals surface area contributed by atoms with E-state index in [1.54, 1.807) is 0 Å². The first kappa shape index (κ1) is 14.8. The highest BCUT2D eigenvalue weighted by Crippen LogP contribution is 2.19. The van der Waals surface area contributed by atoms with E-state index in [1.807, 2.05) is 24.0 Å². The minimum Gasteiger partial charge on any atom is -0.370 e. The largest absolute Gasteiger partial charge is 0.370 e. The van der Waals surface area contributed by atoms with E-state index in [-0.39, 0.29) is 5.91 Å². The fourth-order valence-corrected chi connectivity index (χ4v) is 2.72. The van der Waals surface area contributed by atoms with Crippen LogP contribution in [0.15, 0.2) is 12.1 Å². The third-order valence-corrected chi connectivity index (χ3v) is 3.79. The number of amides is 1. The number of nitrogens with zero attached hydrogens (tertiary/aromatic N) is 2. The van der Waals surface area contributed by atoms with Crippen LogP contribution in [0.3, 0.4) is 0 Å². The molecule has 0 radical (unpaired) electrons. The predicted molar refractivity (Wildman–Crippen MR) is 82.1 cm³/mol. The lowest BCUT2D eigenvalue weighted by Gasteiger charge is -2.31. The zero-order chi connectivity index (χ0) is 14.5. The van der Waals surface area contributed by atoms with Gasteiger partial charge in [-0.05, 0) is 44.2 Å². The molecule has 1 aliphatic rings. The number of anilines is 1. The minimum absolute atomic E-state index is 0.146. The standard InChI is InChI=1S/C16H25N3O/c1-4-14-9-13(10-15(18-14)17-5-2)16(20)19-8-6-7-12(3)11-19/h9-10,12H,4-8,11H2,1-3H3,(H,17,18). The van der Waals surface area contributed by atoms with Gasteiger partial charge in [0, 0.05) is 30.9 Å². The molecule has 4 nitrogen and oxygen atoms in total. The predicted octanol–water partition coefficient (Wildman–Crippen LogP) is 2.95. The summed E-state index contributed by atoms with van der Waals surface area (Å²) in [7, 11) is 0. The first-order valence-corrected chi connectivity index (χ1v) is 7.68. The number of hydrogen-bond acceptors (Lipinski definition) is 3. The van der Waals surface area contributed by atoms with Crippen molar-refractivity contribution in [3.8, 4) is 0 Å². The number of piperidine rings is 1. The van der Waals surface area contributed by atoms with Crippen molar-refractivity contribution in [2.75, 3.05) is 25.0 Å². The van der Waals surface area contributed by atoms with Gasteiger partial charge in [-0.15, -0.1) is 0 Å². The molecule has 1 unspecified atom stereocenters. The molecule has 20 heavy (non-hydrogen) atoms. The van der Waals surface area contributed by atoms with Crippen molar-refractivity contribution >= 4 is 11.7 Å². The summed E-state index contributed by atoms with van der Waals surface area (Å²) in [6.07, 6.45) is 3.18. The molecule has 0 aromatic carbocycles. The molecule has 1 fully saturated rings. The maximum atomic E-state index is 12.6. The van der Waals surface area contributed by atoms with Gasteiger partial charge in [-0.25, -0.2) is 4.98 Å². The molecule has 4 heteroatoms. The normalized spacial score (nSPS) is 18.9. The van der Waals surface area contributed by atoms with Crippen LogP contribution in [0.5, 0.6) is 0 Å². The van der Waals surface area contributed by atoms with Crippen LogP contribution in [0.25, 0.3) is 0 Å². The van der Waals surface area contributed by atoms with Crippen molar-refractivity contribution in [3.63, 3.8) is 0 Å². The Morgan fingerprint density at radius 1 is 1.45 bits per heavy atom. The Labute approximate surface area is 121 Å². The number of rotatable bonds is 4. The highest BCUT2D eigenvalue weighted by atomic mass is 16.2. The average molecular weight is 275 g/mol. The Hall–Kier alpha value is -1.58. The van der Waals surface area contributed by atoms with Crippen molar-refractivity contribution in [1.29, 1.82) is 0 Å². The maximum absolute atomic E-state index is 12.6. The van der Waals surface area contributed by atoms with Crippen molar-refractivity contribution in [3.05, 3.63) is 23.4 Å². The van der Waals surface area contributed by atoms with E-state index >= 15 is 0 Å². The Morgan fingerprint density at radius 3 is 2.90 bits per heavy atom. The Morgan fingerprint density at radius 2 is 2.25 bits per heavy atom. The van der Waals surface area contributed by atoms with Crippen LogP contribution in [0.1, 0.15) is 49.7 Å². The van der Waals surface area contributed by atoms with Gasteiger partial charge in [0.25, 0.3) is 5.91 Å². The SMILES string of the molecule is CCNc1cc(C(=O)N2CCCC(C)C2)cc(CC)n1. The second-order valence-corrected chi connectivity index (χ2v) is 5.61. The van der Waals surface area contributed by atoms with Gasteiger partial charge in [0.15, 0.2) is 0 Å². The number of carbonyl (C=O) groups excluding carboxylic acids is 1.